The molecule has 2 heterocycles. The van der Waals surface area contributed by atoms with Gasteiger partial charge in [-0.05, 0) is 63.6 Å². The third-order valence-corrected chi connectivity index (χ3v) is 7.85. The Morgan fingerprint density at radius 2 is 1.69 bits per heavy atom. The van der Waals surface area contributed by atoms with Gasteiger partial charge in [0.2, 0.25) is 0 Å². The molecule has 1 fully saturated rings. The summed E-state index contributed by atoms with van der Waals surface area (Å²) in [6, 6.07) is 5.51. The van der Waals surface area contributed by atoms with Crippen molar-refractivity contribution in [2.24, 2.45) is 13.0 Å². The summed E-state index contributed by atoms with van der Waals surface area (Å²) in [6.45, 7) is 10.9. The number of sulfonamides is 1. The zero-order valence-electron chi connectivity index (χ0n) is 18.2. The fraction of sp³-hybridized carbons (Fsp3) is 0.500. The molecule has 0 spiro atoms. The van der Waals surface area contributed by atoms with Gasteiger partial charge in [0.25, 0.3) is 15.9 Å². The van der Waals surface area contributed by atoms with Crippen molar-refractivity contribution >= 4 is 21.6 Å². The summed E-state index contributed by atoms with van der Waals surface area (Å²) in [5.41, 5.74) is 3.94. The molecule has 1 amide bonds. The highest BCUT2D eigenvalue weighted by Crippen LogP contribution is 2.31. The molecule has 0 aliphatic carbocycles. The van der Waals surface area contributed by atoms with Crippen LogP contribution in [-0.4, -0.2) is 36.9 Å². The number of hydrogen-bond acceptors (Lipinski definition) is 3. The lowest BCUT2D eigenvalue weighted by Crippen LogP contribution is -2.38. The van der Waals surface area contributed by atoms with Crippen molar-refractivity contribution in [1.29, 1.82) is 0 Å². The minimum Gasteiger partial charge on any atom is -0.350 e. The van der Waals surface area contributed by atoms with E-state index in [-0.39, 0.29) is 16.4 Å². The quantitative estimate of drug-likeness (QED) is 0.819. The molecule has 0 radical (unpaired) electrons. The van der Waals surface area contributed by atoms with E-state index >= 15 is 0 Å². The van der Waals surface area contributed by atoms with E-state index in [1.807, 2.05) is 32.9 Å². The molecule has 7 heteroatoms. The number of anilines is 1. The minimum atomic E-state index is -3.93. The van der Waals surface area contributed by atoms with Gasteiger partial charge in [-0.25, -0.2) is 8.42 Å². The number of carbonyl (C=O) groups is 1. The Labute approximate surface area is 174 Å². The van der Waals surface area contributed by atoms with Gasteiger partial charge in [0.1, 0.15) is 4.90 Å². The lowest BCUT2D eigenvalue weighted by molar-refractivity contribution is 0.0692. The first kappa shape index (κ1) is 21.4. The van der Waals surface area contributed by atoms with Crippen LogP contribution in [0.3, 0.4) is 0 Å². The summed E-state index contributed by atoms with van der Waals surface area (Å²) in [7, 11) is -2.13. The molecule has 0 bridgehead atoms. The standard InChI is InChI=1S/C22H31N3O3S/c1-14-10-12-25(13-11-14)22(26)20-17(4)24(6)18(5)21(20)29(27,28)23-19-9-7-8-15(2)16(19)3/h7-9,14,23H,10-13H2,1-6H3. The van der Waals surface area contributed by atoms with Gasteiger partial charge in [-0.2, -0.15) is 0 Å². The molecule has 0 unspecified atom stereocenters. The lowest BCUT2D eigenvalue weighted by atomic mass is 9.98. The van der Waals surface area contributed by atoms with Gasteiger partial charge < -0.3 is 9.47 Å². The summed E-state index contributed by atoms with van der Waals surface area (Å²) < 4.78 is 31.3. The van der Waals surface area contributed by atoms with Crippen LogP contribution in [-0.2, 0) is 17.1 Å². The Morgan fingerprint density at radius 1 is 1.07 bits per heavy atom. The molecule has 3 rings (SSSR count). The number of carbonyl (C=O) groups excluding carboxylic acids is 1. The average Bonchev–Trinajstić information content (AvgIpc) is 2.90. The number of benzene rings is 1. The van der Waals surface area contributed by atoms with E-state index in [1.165, 1.54) is 0 Å². The predicted molar refractivity (Wildman–Crippen MR) is 116 cm³/mol. The van der Waals surface area contributed by atoms with Crippen LogP contribution in [0.15, 0.2) is 23.1 Å². The highest BCUT2D eigenvalue weighted by Gasteiger charge is 2.34. The zero-order chi connectivity index (χ0) is 21.5. The van der Waals surface area contributed by atoms with Crippen molar-refractivity contribution in [2.45, 2.75) is 52.4 Å². The maximum absolute atomic E-state index is 13.4. The number of aromatic nitrogens is 1. The number of nitrogens with one attached hydrogen (secondary N) is 1. The lowest BCUT2D eigenvalue weighted by Gasteiger charge is -2.30. The van der Waals surface area contributed by atoms with Crippen LogP contribution < -0.4 is 4.72 Å². The Morgan fingerprint density at radius 3 is 2.31 bits per heavy atom. The first-order valence-corrected chi connectivity index (χ1v) is 11.6. The van der Waals surface area contributed by atoms with Crippen molar-refractivity contribution in [3.8, 4) is 0 Å². The molecule has 6 nitrogen and oxygen atoms in total. The number of amides is 1. The predicted octanol–water partition coefficient (Wildman–Crippen LogP) is 3.93. The first-order valence-electron chi connectivity index (χ1n) is 10.1. The van der Waals surface area contributed by atoms with Crippen molar-refractivity contribution in [2.75, 3.05) is 17.8 Å². The summed E-state index contributed by atoms with van der Waals surface area (Å²) >= 11 is 0. The topological polar surface area (TPSA) is 71.4 Å². The van der Waals surface area contributed by atoms with E-state index in [4.69, 9.17) is 0 Å². The normalized spacial score (nSPS) is 15.6. The summed E-state index contributed by atoms with van der Waals surface area (Å²) in [6.07, 6.45) is 1.89. The second kappa shape index (κ2) is 7.86. The highest BCUT2D eigenvalue weighted by atomic mass is 32.2. The van der Waals surface area contributed by atoms with E-state index in [9.17, 15) is 13.2 Å². The van der Waals surface area contributed by atoms with E-state index in [2.05, 4.69) is 11.6 Å². The Bertz CT molecular complexity index is 1050. The van der Waals surface area contributed by atoms with Gasteiger partial charge in [-0.3, -0.25) is 9.52 Å². The van der Waals surface area contributed by atoms with Gasteiger partial charge in [0, 0.05) is 31.5 Å². The third kappa shape index (κ3) is 3.92. The first-order chi connectivity index (χ1) is 13.5. The molecule has 0 atom stereocenters. The van der Waals surface area contributed by atoms with Gasteiger partial charge >= 0.3 is 0 Å². The molecule has 0 saturated carbocycles. The molecule has 1 aromatic carbocycles. The Balaban J connectivity index is 2.06. The van der Waals surface area contributed by atoms with Crippen LogP contribution in [0.2, 0.25) is 0 Å². The number of rotatable bonds is 4. The van der Waals surface area contributed by atoms with Crippen molar-refractivity contribution in [3.63, 3.8) is 0 Å². The molecular weight excluding hydrogens is 386 g/mol. The SMILES string of the molecule is Cc1cccc(NS(=O)(=O)c2c(C(=O)N3CCC(C)CC3)c(C)n(C)c2C)c1C. The van der Waals surface area contributed by atoms with Gasteiger partial charge in [-0.15, -0.1) is 0 Å². The average molecular weight is 418 g/mol. The van der Waals surface area contributed by atoms with Crippen LogP contribution in [0, 0.1) is 33.6 Å². The van der Waals surface area contributed by atoms with Crippen LogP contribution in [0.1, 0.15) is 52.6 Å². The molecular formula is C22H31N3O3S. The van der Waals surface area contributed by atoms with E-state index in [1.54, 1.807) is 29.5 Å². The van der Waals surface area contributed by atoms with E-state index in [0.717, 1.165) is 24.0 Å². The number of aryl methyl sites for hydroxylation is 1. The van der Waals surface area contributed by atoms with Crippen molar-refractivity contribution < 1.29 is 13.2 Å². The molecule has 1 aromatic heterocycles. The summed E-state index contributed by atoms with van der Waals surface area (Å²) in [5, 5.41) is 0. The molecule has 2 aromatic rings. The van der Waals surface area contributed by atoms with Crippen LogP contribution in [0.4, 0.5) is 5.69 Å². The number of likely N-dealkylation sites (tertiary alicyclic amines) is 1. The number of hydrogen-bond donors (Lipinski definition) is 1. The number of piperidine rings is 1. The zero-order valence-corrected chi connectivity index (χ0v) is 19.0. The summed E-state index contributed by atoms with van der Waals surface area (Å²) in [4.78, 5) is 15.2. The molecule has 1 aliphatic rings. The maximum atomic E-state index is 13.4. The van der Waals surface area contributed by atoms with Gasteiger partial charge in [-0.1, -0.05) is 19.1 Å². The van der Waals surface area contributed by atoms with E-state index in [0.29, 0.717) is 36.1 Å². The Kier molecular flexibility index (Phi) is 5.81. The van der Waals surface area contributed by atoms with Crippen LogP contribution >= 0.6 is 0 Å². The van der Waals surface area contributed by atoms with Crippen LogP contribution in [0.5, 0.6) is 0 Å². The molecule has 158 valence electrons. The monoisotopic (exact) mass is 417 g/mol. The second-order valence-electron chi connectivity index (χ2n) is 8.26. The molecule has 1 saturated heterocycles. The molecule has 29 heavy (non-hydrogen) atoms. The van der Waals surface area contributed by atoms with Gasteiger partial charge in [0.05, 0.1) is 11.3 Å². The smallest absolute Gasteiger partial charge is 0.264 e. The summed E-state index contributed by atoms with van der Waals surface area (Å²) in [5.74, 6) is 0.395. The number of nitrogens with zero attached hydrogens (tertiary/aromatic N) is 2. The van der Waals surface area contributed by atoms with Crippen molar-refractivity contribution in [3.05, 3.63) is 46.3 Å². The minimum absolute atomic E-state index is 0.0852. The third-order valence-electron chi connectivity index (χ3n) is 6.33. The van der Waals surface area contributed by atoms with Crippen LogP contribution in [0.25, 0.3) is 0 Å². The van der Waals surface area contributed by atoms with Gasteiger partial charge in [0.15, 0.2) is 0 Å². The van der Waals surface area contributed by atoms with Crippen molar-refractivity contribution in [1.82, 2.24) is 9.47 Å². The fourth-order valence-corrected chi connectivity index (χ4v) is 5.57. The molecule has 1 N–H and O–H groups in total. The highest BCUT2D eigenvalue weighted by molar-refractivity contribution is 7.92. The van der Waals surface area contributed by atoms with E-state index < -0.39 is 10.0 Å². The second-order valence-corrected chi connectivity index (χ2v) is 9.88. The maximum Gasteiger partial charge on any atom is 0.264 e. The largest absolute Gasteiger partial charge is 0.350 e. The fourth-order valence-electron chi connectivity index (χ4n) is 3.92. The molecule has 1 aliphatic heterocycles. The Hall–Kier alpha value is -2.28.